The van der Waals surface area contributed by atoms with Crippen LogP contribution in [-0.2, 0) is 9.53 Å². The van der Waals surface area contributed by atoms with E-state index in [0.29, 0.717) is 13.0 Å². The first-order chi connectivity index (χ1) is 6.74. The van der Waals surface area contributed by atoms with Crippen LogP contribution in [0.15, 0.2) is 18.6 Å². The highest BCUT2D eigenvalue weighted by Crippen LogP contribution is 2.04. The highest BCUT2D eigenvalue weighted by Gasteiger charge is 2.05. The van der Waals surface area contributed by atoms with Gasteiger partial charge < -0.3 is 9.64 Å². The van der Waals surface area contributed by atoms with Crippen LogP contribution in [-0.4, -0.2) is 36.6 Å². The molecule has 0 unspecified atom stereocenters. The minimum absolute atomic E-state index is 0.222. The van der Waals surface area contributed by atoms with Gasteiger partial charge in [-0.3, -0.25) is 9.78 Å². The summed E-state index contributed by atoms with van der Waals surface area (Å²) in [7, 11) is 3.23. The van der Waals surface area contributed by atoms with Gasteiger partial charge in [0.1, 0.15) is 5.82 Å². The number of hydrogen-bond acceptors (Lipinski definition) is 5. The van der Waals surface area contributed by atoms with E-state index in [-0.39, 0.29) is 5.97 Å². The van der Waals surface area contributed by atoms with Crippen molar-refractivity contribution in [3.05, 3.63) is 18.6 Å². The first kappa shape index (κ1) is 10.4. The Morgan fingerprint density at radius 3 is 2.93 bits per heavy atom. The lowest BCUT2D eigenvalue weighted by Crippen LogP contribution is -2.22. The Hall–Kier alpha value is -1.65. The molecule has 0 aromatic carbocycles. The van der Waals surface area contributed by atoms with E-state index in [1.165, 1.54) is 7.11 Å². The third-order valence-electron chi connectivity index (χ3n) is 1.82. The normalized spacial score (nSPS) is 9.57. The van der Waals surface area contributed by atoms with Crippen LogP contribution >= 0.6 is 0 Å². The smallest absolute Gasteiger partial charge is 0.307 e. The minimum Gasteiger partial charge on any atom is -0.469 e. The van der Waals surface area contributed by atoms with E-state index in [2.05, 4.69) is 14.7 Å². The predicted molar refractivity (Wildman–Crippen MR) is 51.9 cm³/mol. The number of aromatic nitrogens is 2. The molecule has 0 aliphatic rings. The fraction of sp³-hybridized carbons (Fsp3) is 0.444. The Morgan fingerprint density at radius 2 is 2.36 bits per heavy atom. The maximum Gasteiger partial charge on any atom is 0.307 e. The number of nitrogens with zero attached hydrogens (tertiary/aromatic N) is 3. The summed E-state index contributed by atoms with van der Waals surface area (Å²) in [6, 6.07) is 0. The molecule has 0 fully saturated rings. The van der Waals surface area contributed by atoms with E-state index >= 15 is 0 Å². The maximum absolute atomic E-state index is 10.9. The number of carbonyl (C=O) groups is 1. The van der Waals surface area contributed by atoms with Crippen molar-refractivity contribution in [1.82, 2.24) is 9.97 Å². The first-order valence-corrected chi connectivity index (χ1v) is 4.28. The van der Waals surface area contributed by atoms with Gasteiger partial charge >= 0.3 is 5.97 Å². The number of carbonyl (C=O) groups excluding carboxylic acids is 1. The third kappa shape index (κ3) is 3.01. The first-order valence-electron chi connectivity index (χ1n) is 4.28. The number of ether oxygens (including phenoxy) is 1. The Morgan fingerprint density at radius 1 is 1.57 bits per heavy atom. The Labute approximate surface area is 82.7 Å². The van der Waals surface area contributed by atoms with E-state index in [1.54, 1.807) is 18.6 Å². The molecule has 0 aliphatic heterocycles. The van der Waals surface area contributed by atoms with Crippen molar-refractivity contribution in [3.8, 4) is 0 Å². The number of rotatable bonds is 4. The van der Waals surface area contributed by atoms with Gasteiger partial charge in [-0.1, -0.05) is 0 Å². The molecule has 0 bridgehead atoms. The Kier molecular flexibility index (Phi) is 3.84. The van der Waals surface area contributed by atoms with E-state index in [0.717, 1.165) is 5.82 Å². The molecule has 0 aliphatic carbocycles. The summed E-state index contributed by atoms with van der Waals surface area (Å²) in [5.74, 6) is 0.525. The molecule has 0 saturated heterocycles. The van der Waals surface area contributed by atoms with E-state index in [9.17, 15) is 4.79 Å². The molecule has 76 valence electrons. The van der Waals surface area contributed by atoms with Gasteiger partial charge in [0.25, 0.3) is 0 Å². The zero-order valence-corrected chi connectivity index (χ0v) is 8.30. The summed E-state index contributed by atoms with van der Waals surface area (Å²) >= 11 is 0. The van der Waals surface area contributed by atoms with Crippen molar-refractivity contribution >= 4 is 11.8 Å². The van der Waals surface area contributed by atoms with Gasteiger partial charge in [0, 0.05) is 26.0 Å². The molecule has 1 heterocycles. The Balaban J connectivity index is 2.43. The van der Waals surface area contributed by atoms with Gasteiger partial charge in [-0.25, -0.2) is 4.98 Å². The quantitative estimate of drug-likeness (QED) is 0.654. The molecule has 0 radical (unpaired) electrons. The largest absolute Gasteiger partial charge is 0.469 e. The van der Waals surface area contributed by atoms with Gasteiger partial charge in [-0.2, -0.15) is 0 Å². The van der Waals surface area contributed by atoms with Crippen molar-refractivity contribution < 1.29 is 9.53 Å². The monoisotopic (exact) mass is 195 g/mol. The molecule has 0 N–H and O–H groups in total. The van der Waals surface area contributed by atoms with Crippen LogP contribution in [0.4, 0.5) is 5.82 Å². The molecule has 1 aromatic rings. The molecule has 1 rings (SSSR count). The highest BCUT2D eigenvalue weighted by atomic mass is 16.5. The molecule has 0 amide bonds. The van der Waals surface area contributed by atoms with Crippen molar-refractivity contribution in [2.45, 2.75) is 6.42 Å². The van der Waals surface area contributed by atoms with Gasteiger partial charge in [-0.05, 0) is 0 Å². The maximum atomic E-state index is 10.9. The topological polar surface area (TPSA) is 55.3 Å². The van der Waals surface area contributed by atoms with E-state index in [4.69, 9.17) is 0 Å². The average Bonchev–Trinajstić information content (AvgIpc) is 2.26. The minimum atomic E-state index is -0.222. The molecule has 5 heteroatoms. The summed E-state index contributed by atoms with van der Waals surface area (Å²) in [4.78, 5) is 20.7. The van der Waals surface area contributed by atoms with Crippen LogP contribution in [0.3, 0.4) is 0 Å². The second kappa shape index (κ2) is 5.16. The van der Waals surface area contributed by atoms with Crippen LogP contribution < -0.4 is 4.90 Å². The summed E-state index contributed by atoms with van der Waals surface area (Å²) in [5, 5.41) is 0. The van der Waals surface area contributed by atoms with Crippen LogP contribution in [0.25, 0.3) is 0 Å². The third-order valence-corrected chi connectivity index (χ3v) is 1.82. The van der Waals surface area contributed by atoms with Crippen LogP contribution in [0.2, 0.25) is 0 Å². The molecule has 0 spiro atoms. The van der Waals surface area contributed by atoms with E-state index in [1.807, 2.05) is 11.9 Å². The summed E-state index contributed by atoms with van der Waals surface area (Å²) in [6.07, 6.45) is 5.22. The lowest BCUT2D eigenvalue weighted by Gasteiger charge is -2.16. The SMILES string of the molecule is COC(=O)CCN(C)c1cnccn1. The van der Waals surface area contributed by atoms with Crippen LogP contribution in [0.5, 0.6) is 0 Å². The average molecular weight is 195 g/mol. The van der Waals surface area contributed by atoms with Crippen LogP contribution in [0.1, 0.15) is 6.42 Å². The summed E-state index contributed by atoms with van der Waals surface area (Å²) in [5.41, 5.74) is 0. The number of esters is 1. The van der Waals surface area contributed by atoms with E-state index < -0.39 is 0 Å². The molecular weight excluding hydrogens is 182 g/mol. The zero-order valence-electron chi connectivity index (χ0n) is 8.30. The van der Waals surface area contributed by atoms with Crippen molar-refractivity contribution in [3.63, 3.8) is 0 Å². The molecule has 0 saturated carbocycles. The Bertz CT molecular complexity index is 289. The predicted octanol–water partition coefficient (Wildman–Crippen LogP) is 0.476. The fourth-order valence-electron chi connectivity index (χ4n) is 0.964. The van der Waals surface area contributed by atoms with Gasteiger partial charge in [-0.15, -0.1) is 0 Å². The molecular formula is C9H13N3O2. The standard InChI is InChI=1S/C9H13N3O2/c1-12(6-3-9(13)14-2)8-7-10-4-5-11-8/h4-5,7H,3,6H2,1-2H3. The van der Waals surface area contributed by atoms with Gasteiger partial charge in [0.05, 0.1) is 19.7 Å². The summed E-state index contributed by atoms with van der Waals surface area (Å²) in [6.45, 7) is 0.575. The number of anilines is 1. The van der Waals surface area contributed by atoms with Gasteiger partial charge in [0.2, 0.25) is 0 Å². The second-order valence-electron chi connectivity index (χ2n) is 2.81. The second-order valence-corrected chi connectivity index (χ2v) is 2.81. The lowest BCUT2D eigenvalue weighted by atomic mass is 10.4. The molecule has 0 atom stereocenters. The lowest BCUT2D eigenvalue weighted by molar-refractivity contribution is -0.140. The fourth-order valence-corrected chi connectivity index (χ4v) is 0.964. The molecule has 14 heavy (non-hydrogen) atoms. The highest BCUT2D eigenvalue weighted by molar-refractivity contribution is 5.69. The van der Waals surface area contributed by atoms with Crippen molar-refractivity contribution in [2.24, 2.45) is 0 Å². The van der Waals surface area contributed by atoms with Crippen LogP contribution in [0, 0.1) is 0 Å². The van der Waals surface area contributed by atoms with Gasteiger partial charge in [0.15, 0.2) is 0 Å². The number of methoxy groups -OCH3 is 1. The van der Waals surface area contributed by atoms with Crippen molar-refractivity contribution in [2.75, 3.05) is 25.6 Å². The zero-order chi connectivity index (χ0) is 10.4. The molecule has 1 aromatic heterocycles. The van der Waals surface area contributed by atoms with Crippen molar-refractivity contribution in [1.29, 1.82) is 0 Å². The summed E-state index contributed by atoms with van der Waals surface area (Å²) < 4.78 is 4.53. The number of hydrogen-bond donors (Lipinski definition) is 0. The molecule has 5 nitrogen and oxygen atoms in total.